The number of carbonyl (C=O) groups is 1. The Morgan fingerprint density at radius 2 is 2.11 bits per heavy atom. The van der Waals surface area contributed by atoms with Gasteiger partial charge in [-0.15, -0.1) is 0 Å². The third-order valence-corrected chi connectivity index (χ3v) is 4.21. The highest BCUT2D eigenvalue weighted by atomic mass is 16.5. The Hall–Kier alpha value is -2.85. The molecule has 1 saturated heterocycles. The van der Waals surface area contributed by atoms with Crippen LogP contribution in [0.2, 0.25) is 0 Å². The second-order valence-corrected chi connectivity index (χ2v) is 6.64. The third-order valence-electron chi connectivity index (χ3n) is 4.21. The molecule has 7 heteroatoms. The Balaban J connectivity index is 2.07. The molecule has 0 spiro atoms. The van der Waals surface area contributed by atoms with Gasteiger partial charge in [0.05, 0.1) is 30.4 Å². The fourth-order valence-corrected chi connectivity index (χ4v) is 2.83. The molecular formula is C20H27N5O2. The first-order valence-corrected chi connectivity index (χ1v) is 9.06. The first kappa shape index (κ1) is 20.5. The number of anilines is 1. The Morgan fingerprint density at radius 3 is 2.74 bits per heavy atom. The van der Waals surface area contributed by atoms with Gasteiger partial charge in [-0.2, -0.15) is 5.26 Å². The van der Waals surface area contributed by atoms with Crippen LogP contribution >= 0.6 is 0 Å². The van der Waals surface area contributed by atoms with Crippen molar-refractivity contribution in [3.05, 3.63) is 29.8 Å². The van der Waals surface area contributed by atoms with Gasteiger partial charge in [0.2, 0.25) is 5.91 Å². The van der Waals surface area contributed by atoms with E-state index in [1.165, 1.54) is 32.4 Å². The second kappa shape index (κ2) is 10.3. The summed E-state index contributed by atoms with van der Waals surface area (Å²) in [6.07, 6.45) is 8.73. The molecule has 7 nitrogen and oxygen atoms in total. The maximum atomic E-state index is 12.2. The van der Waals surface area contributed by atoms with Crippen LogP contribution in [0.1, 0.15) is 24.8 Å². The van der Waals surface area contributed by atoms with E-state index in [-0.39, 0.29) is 5.91 Å². The van der Waals surface area contributed by atoms with E-state index in [9.17, 15) is 10.1 Å². The van der Waals surface area contributed by atoms with Crippen LogP contribution in [0.15, 0.2) is 29.3 Å². The molecule has 0 bridgehead atoms. The van der Waals surface area contributed by atoms with Gasteiger partial charge >= 0.3 is 0 Å². The molecule has 27 heavy (non-hydrogen) atoms. The zero-order chi connectivity index (χ0) is 19.6. The van der Waals surface area contributed by atoms with Gasteiger partial charge in [-0.3, -0.25) is 9.69 Å². The zero-order valence-corrected chi connectivity index (χ0v) is 16.2. The van der Waals surface area contributed by atoms with E-state index in [0.717, 1.165) is 19.6 Å². The van der Waals surface area contributed by atoms with Gasteiger partial charge < -0.3 is 15.0 Å². The average Bonchev–Trinajstić information content (AvgIpc) is 2.67. The smallest absolute Gasteiger partial charge is 0.248 e. The Morgan fingerprint density at radius 1 is 1.37 bits per heavy atom. The lowest BCUT2D eigenvalue weighted by Crippen LogP contribution is -2.29. The van der Waals surface area contributed by atoms with E-state index in [2.05, 4.69) is 21.3 Å². The van der Waals surface area contributed by atoms with Gasteiger partial charge in [-0.25, -0.2) is 4.99 Å². The van der Waals surface area contributed by atoms with E-state index in [0.29, 0.717) is 22.7 Å². The molecule has 1 aromatic rings. The molecule has 0 saturated carbocycles. The highest BCUT2D eigenvalue weighted by Crippen LogP contribution is 2.32. The fourth-order valence-electron chi connectivity index (χ4n) is 2.83. The molecule has 0 atom stereocenters. The molecule has 0 radical (unpaired) electrons. The SMILES string of the molecule is COc1cc(/N=C/N(C)C)c(C#N)cc1NC(=O)/C=C/CN1CCCCC1. The van der Waals surface area contributed by atoms with Gasteiger partial charge in [0.1, 0.15) is 11.8 Å². The number of amides is 1. The van der Waals surface area contributed by atoms with Crippen molar-refractivity contribution in [2.24, 2.45) is 4.99 Å². The summed E-state index contributed by atoms with van der Waals surface area (Å²) in [7, 11) is 5.21. The minimum Gasteiger partial charge on any atom is -0.494 e. The van der Waals surface area contributed by atoms with Crippen molar-refractivity contribution in [2.75, 3.05) is 46.2 Å². The van der Waals surface area contributed by atoms with Crippen LogP contribution in [0.3, 0.4) is 0 Å². The first-order chi connectivity index (χ1) is 13.0. The number of likely N-dealkylation sites (tertiary alicyclic amines) is 1. The molecule has 0 aliphatic carbocycles. The average molecular weight is 369 g/mol. The molecule has 0 aromatic heterocycles. The molecule has 144 valence electrons. The Bertz CT molecular complexity index is 743. The van der Waals surface area contributed by atoms with E-state index in [4.69, 9.17) is 4.74 Å². The summed E-state index contributed by atoms with van der Waals surface area (Å²) in [5, 5.41) is 12.2. The summed E-state index contributed by atoms with van der Waals surface area (Å²) in [4.78, 5) is 20.6. The number of carbonyl (C=O) groups excluding carboxylic acids is 1. The molecule has 0 unspecified atom stereocenters. The van der Waals surface area contributed by atoms with Crippen molar-refractivity contribution in [1.82, 2.24) is 9.80 Å². The van der Waals surface area contributed by atoms with Crippen LogP contribution in [0, 0.1) is 11.3 Å². The van der Waals surface area contributed by atoms with Crippen LogP contribution < -0.4 is 10.1 Å². The van der Waals surface area contributed by atoms with Crippen molar-refractivity contribution in [1.29, 1.82) is 5.26 Å². The largest absolute Gasteiger partial charge is 0.494 e. The highest BCUT2D eigenvalue weighted by molar-refractivity contribution is 6.00. The van der Waals surface area contributed by atoms with Gasteiger partial charge in [0, 0.05) is 32.8 Å². The van der Waals surface area contributed by atoms with Gasteiger partial charge in [0.15, 0.2) is 0 Å². The Kier molecular flexibility index (Phi) is 7.83. The zero-order valence-electron chi connectivity index (χ0n) is 16.2. The number of rotatable bonds is 7. The molecule has 1 amide bonds. The number of hydrogen-bond donors (Lipinski definition) is 1. The molecule has 1 fully saturated rings. The van der Waals surface area contributed by atoms with Crippen LogP contribution in [-0.2, 0) is 4.79 Å². The molecular weight excluding hydrogens is 342 g/mol. The van der Waals surface area contributed by atoms with Gasteiger partial charge in [-0.05, 0) is 32.0 Å². The number of aliphatic imine (C=N–C) groups is 1. The normalized spacial score (nSPS) is 15.0. The monoisotopic (exact) mass is 369 g/mol. The van der Waals surface area contributed by atoms with Crippen LogP contribution in [0.25, 0.3) is 0 Å². The lowest BCUT2D eigenvalue weighted by molar-refractivity contribution is -0.111. The summed E-state index contributed by atoms with van der Waals surface area (Å²) in [6, 6.07) is 5.33. The number of piperidine rings is 1. The summed E-state index contributed by atoms with van der Waals surface area (Å²) >= 11 is 0. The van der Waals surface area contributed by atoms with E-state index in [1.54, 1.807) is 23.4 Å². The van der Waals surface area contributed by atoms with Crippen molar-refractivity contribution < 1.29 is 9.53 Å². The van der Waals surface area contributed by atoms with Crippen molar-refractivity contribution in [3.63, 3.8) is 0 Å². The van der Waals surface area contributed by atoms with E-state index >= 15 is 0 Å². The molecule has 1 heterocycles. The number of nitrogens with zero attached hydrogens (tertiary/aromatic N) is 4. The quantitative estimate of drug-likeness (QED) is 0.454. The van der Waals surface area contributed by atoms with Crippen LogP contribution in [-0.4, -0.2) is 62.9 Å². The number of benzene rings is 1. The number of hydrogen-bond acceptors (Lipinski definition) is 5. The van der Waals surface area contributed by atoms with E-state index in [1.807, 2.05) is 20.2 Å². The predicted octanol–water partition coefficient (Wildman–Crippen LogP) is 2.77. The Labute approximate surface area is 160 Å². The van der Waals surface area contributed by atoms with E-state index < -0.39 is 0 Å². The van der Waals surface area contributed by atoms with Gasteiger partial charge in [0.25, 0.3) is 0 Å². The fraction of sp³-hybridized carbons (Fsp3) is 0.450. The maximum Gasteiger partial charge on any atom is 0.248 e. The highest BCUT2D eigenvalue weighted by Gasteiger charge is 2.12. The standard InChI is InChI=1S/C20H27N5O2/c1-24(2)15-22-17-13-19(27-3)18(12-16(17)14-21)23-20(26)8-7-11-25-9-5-4-6-10-25/h7-8,12-13,15H,4-6,9-11H2,1-3H3,(H,23,26)/b8-7+,22-15+. The second-order valence-electron chi connectivity index (χ2n) is 6.64. The van der Waals surface area contributed by atoms with Crippen molar-refractivity contribution in [2.45, 2.75) is 19.3 Å². The molecule has 1 aliphatic rings. The molecule has 1 aliphatic heterocycles. The number of methoxy groups -OCH3 is 1. The van der Waals surface area contributed by atoms with Crippen molar-refractivity contribution >= 4 is 23.6 Å². The summed E-state index contributed by atoms with van der Waals surface area (Å²) in [5.74, 6) is 0.205. The van der Waals surface area contributed by atoms with Gasteiger partial charge in [-0.1, -0.05) is 12.5 Å². The predicted molar refractivity (Wildman–Crippen MR) is 108 cm³/mol. The topological polar surface area (TPSA) is 81.0 Å². The molecule has 1 aromatic carbocycles. The summed E-state index contributed by atoms with van der Waals surface area (Å²) < 4.78 is 5.35. The summed E-state index contributed by atoms with van der Waals surface area (Å²) in [5.41, 5.74) is 1.30. The molecule has 2 rings (SSSR count). The lowest BCUT2D eigenvalue weighted by atomic mass is 10.1. The number of nitriles is 1. The minimum atomic E-state index is -0.251. The number of ether oxygens (including phenoxy) is 1. The molecule has 1 N–H and O–H groups in total. The summed E-state index contributed by atoms with van der Waals surface area (Å²) in [6.45, 7) is 2.94. The maximum absolute atomic E-state index is 12.2. The lowest BCUT2D eigenvalue weighted by Gasteiger charge is -2.24. The number of nitrogens with one attached hydrogen (secondary N) is 1. The van der Waals surface area contributed by atoms with Crippen LogP contribution in [0.4, 0.5) is 11.4 Å². The first-order valence-electron chi connectivity index (χ1n) is 9.06. The van der Waals surface area contributed by atoms with Crippen molar-refractivity contribution in [3.8, 4) is 11.8 Å². The minimum absolute atomic E-state index is 0.251. The third kappa shape index (κ3) is 6.42. The van der Waals surface area contributed by atoms with Crippen LogP contribution in [0.5, 0.6) is 5.75 Å².